The molecule has 0 aliphatic carbocycles. The van der Waals surface area contributed by atoms with Crippen molar-refractivity contribution in [3.63, 3.8) is 0 Å². The lowest BCUT2D eigenvalue weighted by molar-refractivity contribution is -0.140. The highest BCUT2D eigenvalue weighted by atomic mass is 19.1. The van der Waals surface area contributed by atoms with Crippen molar-refractivity contribution in [2.24, 2.45) is 5.92 Å². The summed E-state index contributed by atoms with van der Waals surface area (Å²) in [5.74, 6) is -1.42. The van der Waals surface area contributed by atoms with Crippen LogP contribution in [0.3, 0.4) is 0 Å². The molecule has 2 aliphatic rings. The molecule has 0 saturated carbocycles. The van der Waals surface area contributed by atoms with Crippen molar-refractivity contribution in [3.05, 3.63) is 65.2 Å². The van der Waals surface area contributed by atoms with Crippen LogP contribution in [0, 0.1) is 11.7 Å². The van der Waals surface area contributed by atoms with Gasteiger partial charge in [0.2, 0.25) is 11.8 Å². The molecule has 2 N–H and O–H groups in total. The summed E-state index contributed by atoms with van der Waals surface area (Å²) < 4.78 is 18.8. The summed E-state index contributed by atoms with van der Waals surface area (Å²) in [6.07, 6.45) is 5.39. The number of aromatic nitrogens is 1. The van der Waals surface area contributed by atoms with Crippen LogP contribution in [0.5, 0.6) is 0 Å². The zero-order valence-electron chi connectivity index (χ0n) is 25.6. The van der Waals surface area contributed by atoms with Crippen LogP contribution >= 0.6 is 0 Å². The Morgan fingerprint density at radius 3 is 2.40 bits per heavy atom. The van der Waals surface area contributed by atoms with E-state index >= 15 is 0 Å². The number of piperidine rings is 1. The van der Waals surface area contributed by atoms with Crippen molar-refractivity contribution in [1.82, 2.24) is 25.4 Å². The van der Waals surface area contributed by atoms with Gasteiger partial charge in [-0.05, 0) is 108 Å². The van der Waals surface area contributed by atoms with Crippen LogP contribution in [-0.4, -0.2) is 82.8 Å². The summed E-state index contributed by atoms with van der Waals surface area (Å²) in [5, 5.41) is 6.29. The molecule has 0 bridgehead atoms. The smallest absolute Gasteiger partial charge is 0.410 e. The molecule has 1 aromatic heterocycles. The fraction of sp³-hybridized carbons (Fsp3) is 0.531. The highest BCUT2D eigenvalue weighted by Crippen LogP contribution is 2.34. The fourth-order valence-electron chi connectivity index (χ4n) is 5.59. The predicted octanol–water partition coefficient (Wildman–Crippen LogP) is 3.86. The zero-order chi connectivity index (χ0) is 31.3. The van der Waals surface area contributed by atoms with E-state index in [9.17, 15) is 23.6 Å². The second kappa shape index (κ2) is 13.6. The van der Waals surface area contributed by atoms with Crippen molar-refractivity contribution in [2.75, 3.05) is 26.7 Å². The minimum Gasteiger partial charge on any atom is -0.444 e. The van der Waals surface area contributed by atoms with Gasteiger partial charge in [0.15, 0.2) is 5.78 Å². The van der Waals surface area contributed by atoms with Crippen LogP contribution in [0.1, 0.15) is 80.9 Å². The molecular formula is C32H42FN5O5. The van der Waals surface area contributed by atoms with Gasteiger partial charge in [-0.2, -0.15) is 0 Å². The van der Waals surface area contributed by atoms with Crippen LogP contribution in [0.15, 0.2) is 42.7 Å². The lowest BCUT2D eigenvalue weighted by Gasteiger charge is -2.36. The van der Waals surface area contributed by atoms with Crippen LogP contribution in [-0.2, 0) is 14.3 Å². The quantitative estimate of drug-likeness (QED) is 0.445. The molecule has 11 heteroatoms. The number of pyridine rings is 1. The van der Waals surface area contributed by atoms with Crippen LogP contribution in [0.4, 0.5) is 9.18 Å². The van der Waals surface area contributed by atoms with E-state index < -0.39 is 35.5 Å². The number of nitrogens with zero attached hydrogens (tertiary/aromatic N) is 3. The summed E-state index contributed by atoms with van der Waals surface area (Å²) in [6, 6.07) is 5.13. The van der Waals surface area contributed by atoms with Crippen molar-refractivity contribution < 1.29 is 28.3 Å². The third-order valence-electron chi connectivity index (χ3n) is 8.11. The Morgan fingerprint density at radius 2 is 1.74 bits per heavy atom. The number of rotatable bonds is 8. The van der Waals surface area contributed by atoms with Crippen LogP contribution in [0.2, 0.25) is 0 Å². The Kier molecular flexibility index (Phi) is 10.2. The topological polar surface area (TPSA) is 121 Å². The number of nitrogens with one attached hydrogen (secondary N) is 2. The lowest BCUT2D eigenvalue weighted by Crippen LogP contribution is -2.57. The maximum atomic E-state index is 14.2. The van der Waals surface area contributed by atoms with Gasteiger partial charge in [0, 0.05) is 37.1 Å². The Bertz CT molecular complexity index is 1320. The molecule has 232 valence electrons. The predicted molar refractivity (Wildman–Crippen MR) is 159 cm³/mol. The normalized spacial score (nSPS) is 18.9. The number of benzene rings is 1. The molecule has 0 radical (unpaired) electrons. The van der Waals surface area contributed by atoms with Crippen molar-refractivity contribution >= 4 is 23.7 Å². The summed E-state index contributed by atoms with van der Waals surface area (Å²) in [7, 11) is 1.50. The number of ketones is 1. The number of ether oxygens (including phenoxy) is 1. The third-order valence-corrected chi connectivity index (χ3v) is 8.11. The minimum atomic E-state index is -0.861. The monoisotopic (exact) mass is 595 g/mol. The second-order valence-corrected chi connectivity index (χ2v) is 12.4. The molecule has 3 heterocycles. The van der Waals surface area contributed by atoms with Gasteiger partial charge in [0.25, 0.3) is 0 Å². The summed E-state index contributed by atoms with van der Waals surface area (Å²) in [6.45, 7) is 8.85. The SMILES string of the molecule is C[C@@H](C(=O)N[C@H](C(=O)N1CCC[C@H]1c1cncc(C(=O)c2ccc(F)cc2)c1)C1CCNCC1)N(C)C(=O)OC(C)(C)C. The van der Waals surface area contributed by atoms with Gasteiger partial charge in [-0.1, -0.05) is 0 Å². The highest BCUT2D eigenvalue weighted by molar-refractivity contribution is 6.08. The number of carbonyl (C=O) groups excluding carboxylic acids is 4. The second-order valence-electron chi connectivity index (χ2n) is 12.4. The first-order valence-electron chi connectivity index (χ1n) is 14.9. The Hall–Kier alpha value is -3.86. The number of hydrogen-bond donors (Lipinski definition) is 2. The summed E-state index contributed by atoms with van der Waals surface area (Å²) in [4.78, 5) is 60.6. The molecule has 0 unspecified atom stereocenters. The van der Waals surface area contributed by atoms with E-state index in [-0.39, 0.29) is 23.7 Å². The molecule has 3 amide bonds. The van der Waals surface area contributed by atoms with E-state index in [1.165, 1.54) is 42.4 Å². The van der Waals surface area contributed by atoms with Crippen molar-refractivity contribution in [1.29, 1.82) is 0 Å². The van der Waals surface area contributed by atoms with E-state index in [1.54, 1.807) is 44.9 Å². The first-order chi connectivity index (χ1) is 20.4. The van der Waals surface area contributed by atoms with E-state index in [1.807, 2.05) is 0 Å². The fourth-order valence-corrected chi connectivity index (χ4v) is 5.59. The average molecular weight is 596 g/mol. The van der Waals surface area contributed by atoms with E-state index in [4.69, 9.17) is 4.74 Å². The van der Waals surface area contributed by atoms with Gasteiger partial charge in [0.1, 0.15) is 23.5 Å². The first-order valence-corrected chi connectivity index (χ1v) is 14.9. The van der Waals surface area contributed by atoms with Gasteiger partial charge in [-0.3, -0.25) is 24.3 Å². The van der Waals surface area contributed by atoms with E-state index in [2.05, 4.69) is 15.6 Å². The maximum absolute atomic E-state index is 14.2. The molecule has 1 aromatic carbocycles. The average Bonchev–Trinajstić information content (AvgIpc) is 3.48. The number of carbonyl (C=O) groups is 4. The van der Waals surface area contributed by atoms with Gasteiger partial charge in [-0.25, -0.2) is 9.18 Å². The largest absolute Gasteiger partial charge is 0.444 e. The Balaban J connectivity index is 1.54. The summed E-state index contributed by atoms with van der Waals surface area (Å²) in [5.41, 5.74) is 0.715. The molecule has 2 saturated heterocycles. The number of likely N-dealkylation sites (N-methyl/N-ethyl adjacent to an activating group) is 1. The lowest BCUT2D eigenvalue weighted by atomic mass is 9.88. The molecule has 10 nitrogen and oxygen atoms in total. The Morgan fingerprint density at radius 1 is 1.07 bits per heavy atom. The van der Waals surface area contributed by atoms with Crippen molar-refractivity contribution in [3.8, 4) is 0 Å². The van der Waals surface area contributed by atoms with Gasteiger partial charge >= 0.3 is 6.09 Å². The molecule has 2 aliphatic heterocycles. The number of hydrogen-bond acceptors (Lipinski definition) is 7. The number of amides is 3. The van der Waals surface area contributed by atoms with Gasteiger partial charge in [0.05, 0.1) is 6.04 Å². The maximum Gasteiger partial charge on any atom is 0.410 e. The van der Waals surface area contributed by atoms with Crippen LogP contribution < -0.4 is 10.6 Å². The van der Waals surface area contributed by atoms with E-state index in [0.29, 0.717) is 36.9 Å². The number of halogens is 1. The first kappa shape index (κ1) is 32.1. The van der Waals surface area contributed by atoms with E-state index in [0.717, 1.165) is 25.1 Å². The molecule has 4 rings (SSSR count). The van der Waals surface area contributed by atoms with Crippen molar-refractivity contribution in [2.45, 2.75) is 77.1 Å². The molecule has 2 fully saturated rings. The molecule has 0 spiro atoms. The summed E-state index contributed by atoms with van der Waals surface area (Å²) >= 11 is 0. The molecule has 43 heavy (non-hydrogen) atoms. The minimum absolute atomic E-state index is 0.0810. The standard InChI is InChI=1S/C32H42FN5O5/c1-20(37(5)31(42)43-32(2,3)4)29(40)36-27(21-12-14-34-15-13-21)30(41)38-16-6-7-26(38)23-17-24(19-35-18-23)28(39)22-8-10-25(33)11-9-22/h8-11,17-21,26-27,34H,6-7,12-16H2,1-5H3,(H,36,40)/t20-,26-,27-/m0/s1. The zero-order valence-corrected chi connectivity index (χ0v) is 25.6. The highest BCUT2D eigenvalue weighted by Gasteiger charge is 2.40. The third kappa shape index (κ3) is 7.95. The Labute approximate surface area is 252 Å². The molecule has 3 atom stereocenters. The number of likely N-dealkylation sites (tertiary alicyclic amines) is 1. The molecular weight excluding hydrogens is 553 g/mol. The van der Waals surface area contributed by atoms with Gasteiger partial charge < -0.3 is 20.3 Å². The van der Waals surface area contributed by atoms with Gasteiger partial charge in [-0.15, -0.1) is 0 Å². The van der Waals surface area contributed by atoms with Crippen LogP contribution in [0.25, 0.3) is 0 Å². The molecule has 2 aromatic rings.